The third-order valence-corrected chi connectivity index (χ3v) is 2.02. The summed E-state index contributed by atoms with van der Waals surface area (Å²) >= 11 is 0. The molecule has 1 amide bonds. The van der Waals surface area contributed by atoms with E-state index in [1.54, 1.807) is 0 Å². The Morgan fingerprint density at radius 2 is 2.24 bits per heavy atom. The van der Waals surface area contributed by atoms with E-state index in [4.69, 9.17) is 16.2 Å². The number of rotatable bonds is 3. The van der Waals surface area contributed by atoms with Crippen LogP contribution < -0.4 is 16.2 Å². The molecule has 0 aliphatic heterocycles. The monoisotopic (exact) mass is 234 g/mol. The summed E-state index contributed by atoms with van der Waals surface area (Å²) in [4.78, 5) is 18.7. The summed E-state index contributed by atoms with van der Waals surface area (Å²) in [6.45, 7) is 0. The highest BCUT2D eigenvalue weighted by Crippen LogP contribution is 2.13. The molecule has 0 unspecified atom stereocenters. The topological polar surface area (TPSA) is 122 Å². The number of methoxy groups -OCH3 is 1. The molecular weight excluding hydrogens is 224 g/mol. The lowest BCUT2D eigenvalue weighted by atomic mass is 10.3. The van der Waals surface area contributed by atoms with Gasteiger partial charge in [0.1, 0.15) is 0 Å². The molecule has 0 aromatic carbocycles. The number of carbonyl (C=O) groups is 1. The first-order valence-electron chi connectivity index (χ1n) is 4.63. The van der Waals surface area contributed by atoms with Gasteiger partial charge in [0.05, 0.1) is 18.9 Å². The number of nitrogen functional groups attached to an aromatic ring is 1. The zero-order chi connectivity index (χ0) is 12.4. The van der Waals surface area contributed by atoms with E-state index in [9.17, 15) is 4.79 Å². The largest absolute Gasteiger partial charge is 0.481 e. The van der Waals surface area contributed by atoms with Crippen LogP contribution in [0.2, 0.25) is 0 Å². The molecule has 0 fully saturated rings. The Hall–Kier alpha value is -2.64. The predicted octanol–water partition coefficient (Wildman–Crippen LogP) is -0.648. The second-order valence-electron chi connectivity index (χ2n) is 3.16. The molecule has 2 aromatic heterocycles. The van der Waals surface area contributed by atoms with Crippen LogP contribution in [0.25, 0.3) is 5.82 Å². The van der Waals surface area contributed by atoms with Crippen LogP contribution in [-0.2, 0) is 0 Å². The van der Waals surface area contributed by atoms with E-state index in [1.165, 1.54) is 30.3 Å². The normalized spacial score (nSPS) is 10.2. The molecule has 0 atom stereocenters. The number of anilines is 1. The van der Waals surface area contributed by atoms with Gasteiger partial charge in [-0.25, -0.2) is 4.68 Å². The maximum absolute atomic E-state index is 10.9. The smallest absolute Gasteiger partial charge is 0.251 e. The molecule has 0 radical (unpaired) electrons. The van der Waals surface area contributed by atoms with E-state index in [2.05, 4.69) is 15.1 Å². The van der Waals surface area contributed by atoms with Crippen LogP contribution in [0.3, 0.4) is 0 Å². The fourth-order valence-corrected chi connectivity index (χ4v) is 1.23. The van der Waals surface area contributed by atoms with Crippen molar-refractivity contribution in [2.24, 2.45) is 5.73 Å². The van der Waals surface area contributed by atoms with Gasteiger partial charge in [-0.1, -0.05) is 0 Å². The zero-order valence-corrected chi connectivity index (χ0v) is 8.99. The van der Waals surface area contributed by atoms with Crippen molar-refractivity contribution in [3.05, 3.63) is 24.0 Å². The van der Waals surface area contributed by atoms with Crippen molar-refractivity contribution in [1.82, 2.24) is 19.7 Å². The lowest BCUT2D eigenvalue weighted by molar-refractivity contribution is 0.100. The Morgan fingerprint density at radius 1 is 1.47 bits per heavy atom. The van der Waals surface area contributed by atoms with Crippen LogP contribution in [0.4, 0.5) is 5.95 Å². The first-order valence-corrected chi connectivity index (χ1v) is 4.63. The number of amides is 1. The summed E-state index contributed by atoms with van der Waals surface area (Å²) in [7, 11) is 1.46. The summed E-state index contributed by atoms with van der Waals surface area (Å²) < 4.78 is 6.31. The molecule has 8 heteroatoms. The molecule has 4 N–H and O–H groups in total. The van der Waals surface area contributed by atoms with E-state index in [1.807, 2.05) is 0 Å². The highest BCUT2D eigenvalue weighted by atomic mass is 16.5. The molecule has 2 aromatic rings. The fraction of sp³-hybridized carbons (Fsp3) is 0.111. The molecule has 0 spiro atoms. The second-order valence-corrected chi connectivity index (χ2v) is 3.16. The molecular formula is C9H10N6O2. The Bertz CT molecular complexity index is 564. The van der Waals surface area contributed by atoms with Gasteiger partial charge in [0.2, 0.25) is 11.8 Å². The summed E-state index contributed by atoms with van der Waals surface area (Å²) in [5, 5.41) is 3.94. The van der Waals surface area contributed by atoms with Gasteiger partial charge >= 0.3 is 0 Å². The van der Waals surface area contributed by atoms with Crippen LogP contribution in [0.5, 0.6) is 5.88 Å². The number of hydrogen-bond donors (Lipinski definition) is 2. The number of hydrogen-bond acceptors (Lipinski definition) is 6. The third-order valence-electron chi connectivity index (χ3n) is 2.02. The van der Waals surface area contributed by atoms with Crippen molar-refractivity contribution >= 4 is 11.9 Å². The number of nitrogens with two attached hydrogens (primary N) is 2. The average Bonchev–Trinajstić information content (AvgIpc) is 2.77. The van der Waals surface area contributed by atoms with Crippen LogP contribution >= 0.6 is 0 Å². The highest BCUT2D eigenvalue weighted by Gasteiger charge is 2.08. The van der Waals surface area contributed by atoms with Crippen LogP contribution in [0, 0.1) is 0 Å². The van der Waals surface area contributed by atoms with Gasteiger partial charge in [-0.15, -0.1) is 0 Å². The molecule has 0 saturated heterocycles. The molecule has 0 saturated carbocycles. The van der Waals surface area contributed by atoms with Gasteiger partial charge in [0.25, 0.3) is 5.91 Å². The summed E-state index contributed by atoms with van der Waals surface area (Å²) in [6, 6.07) is 1.54. The summed E-state index contributed by atoms with van der Waals surface area (Å²) in [6.07, 6.45) is 2.79. The minimum absolute atomic E-state index is 0.0514. The first kappa shape index (κ1) is 10.9. The van der Waals surface area contributed by atoms with Crippen molar-refractivity contribution in [3.8, 4) is 11.7 Å². The number of carbonyl (C=O) groups excluding carboxylic acids is 1. The summed E-state index contributed by atoms with van der Waals surface area (Å²) in [5.74, 6) is 0.186. The van der Waals surface area contributed by atoms with Crippen molar-refractivity contribution < 1.29 is 9.53 Å². The molecule has 0 aliphatic rings. The fourth-order valence-electron chi connectivity index (χ4n) is 1.23. The van der Waals surface area contributed by atoms with Crippen LogP contribution in [0.15, 0.2) is 18.5 Å². The Balaban J connectivity index is 2.44. The molecule has 0 aliphatic carbocycles. The van der Waals surface area contributed by atoms with Crippen molar-refractivity contribution in [2.75, 3.05) is 12.8 Å². The van der Waals surface area contributed by atoms with Gasteiger partial charge < -0.3 is 16.2 Å². The van der Waals surface area contributed by atoms with Gasteiger partial charge in [-0.2, -0.15) is 15.1 Å². The van der Waals surface area contributed by atoms with Crippen LogP contribution in [0.1, 0.15) is 10.4 Å². The molecule has 8 nitrogen and oxygen atoms in total. The average molecular weight is 234 g/mol. The maximum Gasteiger partial charge on any atom is 0.251 e. The van der Waals surface area contributed by atoms with E-state index in [0.717, 1.165) is 0 Å². The number of ether oxygens (including phenoxy) is 1. The molecule has 17 heavy (non-hydrogen) atoms. The third kappa shape index (κ3) is 2.14. The molecule has 2 heterocycles. The zero-order valence-electron chi connectivity index (χ0n) is 8.99. The van der Waals surface area contributed by atoms with Gasteiger partial charge in [-0.3, -0.25) is 4.79 Å². The van der Waals surface area contributed by atoms with E-state index >= 15 is 0 Å². The second kappa shape index (κ2) is 4.08. The highest BCUT2D eigenvalue weighted by molar-refractivity contribution is 5.92. The Labute approximate surface area is 96.2 Å². The molecule has 2 rings (SSSR count). The van der Waals surface area contributed by atoms with E-state index < -0.39 is 5.91 Å². The molecule has 88 valence electrons. The SMILES string of the molecule is COc1cc(-n2cc(C(N)=O)cn2)nc(N)n1. The van der Waals surface area contributed by atoms with Crippen LogP contribution in [-0.4, -0.2) is 32.8 Å². The number of primary amides is 1. The lowest BCUT2D eigenvalue weighted by Gasteiger charge is -2.03. The van der Waals surface area contributed by atoms with Crippen molar-refractivity contribution in [3.63, 3.8) is 0 Å². The summed E-state index contributed by atoms with van der Waals surface area (Å²) in [5.41, 5.74) is 10.9. The lowest BCUT2D eigenvalue weighted by Crippen LogP contribution is -2.09. The minimum atomic E-state index is -0.565. The van der Waals surface area contributed by atoms with Crippen molar-refractivity contribution in [2.45, 2.75) is 0 Å². The number of nitrogens with zero attached hydrogens (tertiary/aromatic N) is 4. The maximum atomic E-state index is 10.9. The predicted molar refractivity (Wildman–Crippen MR) is 58.6 cm³/mol. The van der Waals surface area contributed by atoms with Gasteiger partial charge in [-0.05, 0) is 0 Å². The minimum Gasteiger partial charge on any atom is -0.481 e. The Morgan fingerprint density at radius 3 is 2.82 bits per heavy atom. The molecule has 0 bridgehead atoms. The standard InChI is InChI=1S/C9H10N6O2/c1-17-7-2-6(13-9(11)14-7)15-4-5(3-12-15)8(10)16/h2-4H,1H3,(H2,10,16)(H2,11,13,14). The van der Waals surface area contributed by atoms with E-state index in [0.29, 0.717) is 11.7 Å². The van der Waals surface area contributed by atoms with Gasteiger partial charge in [0.15, 0.2) is 5.82 Å². The Kier molecular flexibility index (Phi) is 2.61. The first-order chi connectivity index (χ1) is 8.10. The number of aromatic nitrogens is 4. The van der Waals surface area contributed by atoms with Gasteiger partial charge in [0, 0.05) is 12.3 Å². The van der Waals surface area contributed by atoms with E-state index in [-0.39, 0.29) is 11.5 Å². The van der Waals surface area contributed by atoms with Crippen molar-refractivity contribution in [1.29, 1.82) is 0 Å². The quantitative estimate of drug-likeness (QED) is 0.727.